The molecule has 6 nitrogen and oxygen atoms in total. The van der Waals surface area contributed by atoms with E-state index in [1.54, 1.807) is 24.9 Å². The SMILES string of the molecule is CN1CCC[C@@H](Cc2cc(Nc3cnccn3)ncn2)C1. The topological polar surface area (TPSA) is 66.8 Å². The zero-order valence-corrected chi connectivity index (χ0v) is 12.2. The highest BCUT2D eigenvalue weighted by Gasteiger charge is 2.18. The van der Waals surface area contributed by atoms with Crippen LogP contribution in [0.3, 0.4) is 0 Å². The molecule has 1 saturated heterocycles. The summed E-state index contributed by atoms with van der Waals surface area (Å²) in [7, 11) is 2.19. The molecule has 0 unspecified atom stereocenters. The highest BCUT2D eigenvalue weighted by Crippen LogP contribution is 2.20. The molecule has 3 heterocycles. The van der Waals surface area contributed by atoms with Crippen molar-refractivity contribution < 1.29 is 0 Å². The molecule has 1 N–H and O–H groups in total. The fraction of sp³-hybridized carbons (Fsp3) is 0.467. The fourth-order valence-corrected chi connectivity index (χ4v) is 2.81. The first-order valence-corrected chi connectivity index (χ1v) is 7.32. The minimum absolute atomic E-state index is 0.683. The summed E-state index contributed by atoms with van der Waals surface area (Å²) in [4.78, 5) is 19.3. The molecule has 1 aliphatic heterocycles. The second-order valence-electron chi connectivity index (χ2n) is 5.58. The Labute approximate surface area is 124 Å². The van der Waals surface area contributed by atoms with E-state index in [9.17, 15) is 0 Å². The molecule has 0 bridgehead atoms. The largest absolute Gasteiger partial charge is 0.324 e. The van der Waals surface area contributed by atoms with Crippen molar-refractivity contribution in [3.63, 3.8) is 0 Å². The minimum atomic E-state index is 0.683. The molecule has 110 valence electrons. The second kappa shape index (κ2) is 6.58. The molecule has 0 spiro atoms. The van der Waals surface area contributed by atoms with Crippen LogP contribution in [0.25, 0.3) is 0 Å². The number of nitrogens with one attached hydrogen (secondary N) is 1. The predicted molar refractivity (Wildman–Crippen MR) is 81.3 cm³/mol. The first-order chi connectivity index (χ1) is 10.3. The normalized spacial score (nSPS) is 19.4. The average molecular weight is 284 g/mol. The summed E-state index contributed by atoms with van der Waals surface area (Å²) in [5, 5.41) is 3.16. The molecular weight excluding hydrogens is 264 g/mol. The maximum absolute atomic E-state index is 4.39. The molecule has 21 heavy (non-hydrogen) atoms. The van der Waals surface area contributed by atoms with Crippen molar-refractivity contribution in [1.29, 1.82) is 0 Å². The van der Waals surface area contributed by atoms with Crippen molar-refractivity contribution in [2.45, 2.75) is 19.3 Å². The van der Waals surface area contributed by atoms with Crippen LogP contribution in [0.15, 0.2) is 31.0 Å². The van der Waals surface area contributed by atoms with Crippen molar-refractivity contribution in [1.82, 2.24) is 24.8 Å². The van der Waals surface area contributed by atoms with E-state index in [-0.39, 0.29) is 0 Å². The number of nitrogens with zero attached hydrogens (tertiary/aromatic N) is 5. The number of hydrogen-bond acceptors (Lipinski definition) is 6. The monoisotopic (exact) mass is 284 g/mol. The van der Waals surface area contributed by atoms with E-state index in [4.69, 9.17) is 0 Å². The van der Waals surface area contributed by atoms with Crippen molar-refractivity contribution in [3.8, 4) is 0 Å². The van der Waals surface area contributed by atoms with E-state index >= 15 is 0 Å². The van der Waals surface area contributed by atoms with Crippen LogP contribution in [0.1, 0.15) is 18.5 Å². The number of aromatic nitrogens is 4. The van der Waals surface area contributed by atoms with Crippen molar-refractivity contribution in [2.75, 3.05) is 25.5 Å². The molecule has 0 radical (unpaired) electrons. The van der Waals surface area contributed by atoms with Crippen molar-refractivity contribution in [3.05, 3.63) is 36.7 Å². The van der Waals surface area contributed by atoms with Gasteiger partial charge in [0.05, 0.1) is 6.20 Å². The standard InChI is InChI=1S/C15H20N6/c1-21-6-2-3-12(10-21)7-13-8-14(19-11-18-13)20-15-9-16-4-5-17-15/h4-5,8-9,11-12H,2-3,6-7,10H2,1H3,(H,17,18,19,20)/t12-/m0/s1. The van der Waals surface area contributed by atoms with Crippen LogP contribution in [0.5, 0.6) is 0 Å². The summed E-state index contributed by atoms with van der Waals surface area (Å²) in [6.07, 6.45) is 10.1. The van der Waals surface area contributed by atoms with Gasteiger partial charge in [0.2, 0.25) is 0 Å². The molecule has 0 amide bonds. The van der Waals surface area contributed by atoms with E-state index in [2.05, 4.69) is 37.2 Å². The third kappa shape index (κ3) is 3.95. The fourth-order valence-electron chi connectivity index (χ4n) is 2.81. The quantitative estimate of drug-likeness (QED) is 0.925. The molecule has 2 aromatic heterocycles. The van der Waals surface area contributed by atoms with Gasteiger partial charge in [0.1, 0.15) is 18.0 Å². The number of anilines is 2. The van der Waals surface area contributed by atoms with Gasteiger partial charge in [0, 0.05) is 30.7 Å². The lowest BCUT2D eigenvalue weighted by molar-refractivity contribution is 0.208. The van der Waals surface area contributed by atoms with Gasteiger partial charge in [-0.05, 0) is 38.8 Å². The number of piperidine rings is 1. The third-order valence-corrected chi connectivity index (χ3v) is 3.76. The van der Waals surface area contributed by atoms with Gasteiger partial charge >= 0.3 is 0 Å². The molecule has 0 saturated carbocycles. The van der Waals surface area contributed by atoms with Crippen LogP contribution in [-0.4, -0.2) is 45.0 Å². The van der Waals surface area contributed by atoms with E-state index in [1.165, 1.54) is 19.4 Å². The van der Waals surface area contributed by atoms with Gasteiger partial charge in [-0.2, -0.15) is 0 Å². The lowest BCUT2D eigenvalue weighted by Crippen LogP contribution is -2.33. The third-order valence-electron chi connectivity index (χ3n) is 3.76. The maximum Gasteiger partial charge on any atom is 0.150 e. The van der Waals surface area contributed by atoms with E-state index in [1.807, 2.05) is 6.07 Å². The Bertz CT molecular complexity index is 573. The molecule has 1 aliphatic rings. The smallest absolute Gasteiger partial charge is 0.150 e. The lowest BCUT2D eigenvalue weighted by Gasteiger charge is -2.29. The molecule has 6 heteroatoms. The summed E-state index contributed by atoms with van der Waals surface area (Å²) in [6, 6.07) is 2.00. The Morgan fingerprint density at radius 3 is 3.00 bits per heavy atom. The minimum Gasteiger partial charge on any atom is -0.324 e. The van der Waals surface area contributed by atoms with Gasteiger partial charge in [-0.15, -0.1) is 0 Å². The first-order valence-electron chi connectivity index (χ1n) is 7.32. The molecule has 1 atom stereocenters. The Hall–Kier alpha value is -2.08. The van der Waals surface area contributed by atoms with Gasteiger partial charge in [0.15, 0.2) is 0 Å². The average Bonchev–Trinajstić information content (AvgIpc) is 2.49. The molecule has 1 fully saturated rings. The Kier molecular flexibility index (Phi) is 4.35. The van der Waals surface area contributed by atoms with Crippen LogP contribution in [-0.2, 0) is 6.42 Å². The Morgan fingerprint density at radius 1 is 1.24 bits per heavy atom. The van der Waals surface area contributed by atoms with E-state index < -0.39 is 0 Å². The summed E-state index contributed by atoms with van der Waals surface area (Å²) in [6.45, 7) is 2.36. The Balaban J connectivity index is 1.65. The highest BCUT2D eigenvalue weighted by molar-refractivity contribution is 5.49. The number of hydrogen-bond donors (Lipinski definition) is 1. The molecular formula is C15H20N6. The zero-order valence-electron chi connectivity index (χ0n) is 12.2. The highest BCUT2D eigenvalue weighted by atomic mass is 15.1. The summed E-state index contributed by atoms with van der Waals surface area (Å²) in [5.41, 5.74) is 1.08. The zero-order chi connectivity index (χ0) is 14.5. The van der Waals surface area contributed by atoms with Crippen molar-refractivity contribution in [2.24, 2.45) is 5.92 Å². The molecule has 0 aromatic carbocycles. The molecule has 0 aliphatic carbocycles. The van der Waals surface area contributed by atoms with Gasteiger partial charge in [-0.25, -0.2) is 15.0 Å². The summed E-state index contributed by atoms with van der Waals surface area (Å²) in [5.74, 6) is 2.15. The molecule has 3 rings (SSSR count). The first kappa shape index (κ1) is 13.9. The molecule has 2 aromatic rings. The second-order valence-corrected chi connectivity index (χ2v) is 5.58. The maximum atomic E-state index is 4.39. The van der Waals surface area contributed by atoms with Crippen LogP contribution in [0, 0.1) is 5.92 Å². The van der Waals surface area contributed by atoms with Crippen LogP contribution >= 0.6 is 0 Å². The predicted octanol–water partition coefficient (Wildman–Crippen LogP) is 1.89. The van der Waals surface area contributed by atoms with Crippen LogP contribution in [0.2, 0.25) is 0 Å². The van der Waals surface area contributed by atoms with E-state index in [0.717, 1.165) is 24.5 Å². The Morgan fingerprint density at radius 2 is 2.19 bits per heavy atom. The van der Waals surface area contributed by atoms with Gasteiger partial charge in [-0.3, -0.25) is 4.98 Å². The summed E-state index contributed by atoms with van der Waals surface area (Å²) < 4.78 is 0. The number of rotatable bonds is 4. The van der Waals surface area contributed by atoms with Gasteiger partial charge in [0.25, 0.3) is 0 Å². The van der Waals surface area contributed by atoms with E-state index in [0.29, 0.717) is 11.7 Å². The van der Waals surface area contributed by atoms with Crippen LogP contribution < -0.4 is 5.32 Å². The van der Waals surface area contributed by atoms with Gasteiger partial charge in [-0.1, -0.05) is 0 Å². The van der Waals surface area contributed by atoms with Crippen molar-refractivity contribution >= 4 is 11.6 Å². The van der Waals surface area contributed by atoms with Crippen LogP contribution in [0.4, 0.5) is 11.6 Å². The number of likely N-dealkylation sites (tertiary alicyclic amines) is 1. The van der Waals surface area contributed by atoms with Gasteiger partial charge < -0.3 is 10.2 Å². The lowest BCUT2D eigenvalue weighted by atomic mass is 9.93. The summed E-state index contributed by atoms with van der Waals surface area (Å²) >= 11 is 0.